The SMILES string of the molecule is CCCCC(C)(CC=C[C@H]1[C@H](O)CC(=O)[C@@H]1CCCCCCC(=O)OC)O[Si](CCc1ccc(C[N+](C)(C)C)cc1)(CC(C)C)C(C)C. The van der Waals surface area contributed by atoms with Crippen LogP contribution >= 0.6 is 0 Å². The van der Waals surface area contributed by atoms with Gasteiger partial charge in [0.1, 0.15) is 12.3 Å². The van der Waals surface area contributed by atoms with E-state index in [1.165, 1.54) is 18.2 Å². The summed E-state index contributed by atoms with van der Waals surface area (Å²) in [5, 5.41) is 10.9. The minimum absolute atomic E-state index is 0.126. The quantitative estimate of drug-likeness (QED) is 0.0408. The summed E-state index contributed by atoms with van der Waals surface area (Å²) in [5.74, 6) is 0.329. The number of rotatable bonds is 23. The van der Waals surface area contributed by atoms with Gasteiger partial charge in [-0.05, 0) is 68.1 Å². The molecule has 1 N–H and O–H groups in total. The van der Waals surface area contributed by atoms with E-state index in [1.807, 2.05) is 0 Å². The number of aliphatic hydroxyl groups excluding tert-OH is 1. The summed E-state index contributed by atoms with van der Waals surface area (Å²) in [6.45, 7) is 15.0. The number of methoxy groups -OCH3 is 1. The molecule has 2 unspecified atom stereocenters. The number of nitrogens with zero attached hydrogens (tertiary/aromatic N) is 1. The number of carbonyl (C=O) groups excluding carboxylic acids is 2. The van der Waals surface area contributed by atoms with Crippen molar-refractivity contribution < 1.29 is 28.3 Å². The first-order valence-electron chi connectivity index (χ1n) is 19.1. The first-order valence-corrected chi connectivity index (χ1v) is 21.5. The molecule has 0 saturated heterocycles. The Morgan fingerprint density at radius 2 is 1.69 bits per heavy atom. The van der Waals surface area contributed by atoms with E-state index in [2.05, 4.69) is 99.1 Å². The average Bonchev–Trinajstić information content (AvgIpc) is 3.27. The number of aliphatic hydroxyl groups is 1. The van der Waals surface area contributed by atoms with Crippen molar-refractivity contribution in [1.29, 1.82) is 0 Å². The number of ether oxygens (including phenoxy) is 1. The zero-order chi connectivity index (χ0) is 36.0. The lowest BCUT2D eigenvalue weighted by Gasteiger charge is -2.45. The molecule has 5 atom stereocenters. The zero-order valence-electron chi connectivity index (χ0n) is 32.5. The average molecular weight is 687 g/mol. The Bertz CT molecular complexity index is 1130. The highest BCUT2D eigenvalue weighted by Gasteiger charge is 2.44. The maximum atomic E-state index is 12.9. The van der Waals surface area contributed by atoms with Gasteiger partial charge >= 0.3 is 5.97 Å². The van der Waals surface area contributed by atoms with Crippen LogP contribution in [0.1, 0.15) is 123 Å². The molecular weight excluding hydrogens is 615 g/mol. The molecular formula is C41H72NO5Si+. The van der Waals surface area contributed by atoms with Gasteiger partial charge in [0.15, 0.2) is 8.32 Å². The molecule has 48 heavy (non-hydrogen) atoms. The van der Waals surface area contributed by atoms with Crippen LogP contribution in [0.3, 0.4) is 0 Å². The van der Waals surface area contributed by atoms with E-state index in [4.69, 9.17) is 9.16 Å². The summed E-state index contributed by atoms with van der Waals surface area (Å²) in [5.41, 5.74) is 2.99. The number of Topliss-reactive ketones (excluding diaryl/α,β-unsaturated/α-hetero) is 1. The number of ketones is 1. The van der Waals surface area contributed by atoms with Gasteiger partial charge in [-0.25, -0.2) is 0 Å². The van der Waals surface area contributed by atoms with E-state index < -0.39 is 14.4 Å². The fourth-order valence-corrected chi connectivity index (χ4v) is 12.6. The van der Waals surface area contributed by atoms with Crippen molar-refractivity contribution in [3.8, 4) is 0 Å². The van der Waals surface area contributed by atoms with E-state index in [-0.39, 0.29) is 35.6 Å². The summed E-state index contributed by atoms with van der Waals surface area (Å²) in [6.07, 6.45) is 14.0. The fraction of sp³-hybridized carbons (Fsp3) is 0.756. The van der Waals surface area contributed by atoms with Gasteiger partial charge in [0, 0.05) is 30.2 Å². The molecule has 1 fully saturated rings. The van der Waals surface area contributed by atoms with Crippen molar-refractivity contribution in [3.05, 3.63) is 47.5 Å². The third kappa shape index (κ3) is 14.6. The van der Waals surface area contributed by atoms with Crippen LogP contribution in [0.15, 0.2) is 36.4 Å². The van der Waals surface area contributed by atoms with Gasteiger partial charge in [-0.3, -0.25) is 9.59 Å². The number of hydrogen-bond donors (Lipinski definition) is 1. The molecule has 2 rings (SSSR count). The number of carbonyl (C=O) groups is 2. The van der Waals surface area contributed by atoms with E-state index >= 15 is 0 Å². The van der Waals surface area contributed by atoms with Crippen molar-refractivity contribution in [2.75, 3.05) is 28.3 Å². The van der Waals surface area contributed by atoms with Crippen molar-refractivity contribution >= 4 is 20.1 Å². The Balaban J connectivity index is 2.18. The van der Waals surface area contributed by atoms with Crippen molar-refractivity contribution in [2.24, 2.45) is 17.8 Å². The number of quaternary nitrogens is 1. The van der Waals surface area contributed by atoms with Crippen LogP contribution < -0.4 is 0 Å². The fourth-order valence-electron chi connectivity index (χ4n) is 7.64. The molecule has 0 heterocycles. The van der Waals surface area contributed by atoms with Gasteiger partial charge in [-0.1, -0.05) is 103 Å². The molecule has 0 bridgehead atoms. The number of hydrogen-bond acceptors (Lipinski definition) is 5. The van der Waals surface area contributed by atoms with Crippen molar-refractivity contribution in [2.45, 2.75) is 154 Å². The lowest BCUT2D eigenvalue weighted by atomic mass is 9.87. The third-order valence-electron chi connectivity index (χ3n) is 10.3. The largest absolute Gasteiger partial charge is 0.469 e. The normalized spacial score (nSPS) is 21.3. The number of unbranched alkanes of at least 4 members (excludes halogenated alkanes) is 4. The molecule has 0 amide bonds. The summed E-state index contributed by atoms with van der Waals surface area (Å²) < 4.78 is 13.3. The zero-order valence-corrected chi connectivity index (χ0v) is 33.5. The minimum Gasteiger partial charge on any atom is -0.469 e. The molecule has 6 nitrogen and oxygen atoms in total. The van der Waals surface area contributed by atoms with Crippen LogP contribution in [-0.4, -0.2) is 69.6 Å². The molecule has 1 saturated carbocycles. The summed E-state index contributed by atoms with van der Waals surface area (Å²) in [4.78, 5) is 24.3. The molecule has 0 spiro atoms. The molecule has 7 heteroatoms. The maximum Gasteiger partial charge on any atom is 0.305 e. The highest BCUT2D eigenvalue weighted by Crippen LogP contribution is 2.41. The van der Waals surface area contributed by atoms with Crippen LogP contribution in [0.5, 0.6) is 0 Å². The molecule has 0 aromatic heterocycles. The molecule has 274 valence electrons. The predicted molar refractivity (Wildman–Crippen MR) is 202 cm³/mol. The maximum absolute atomic E-state index is 12.9. The van der Waals surface area contributed by atoms with Gasteiger partial charge in [-0.15, -0.1) is 0 Å². The lowest BCUT2D eigenvalue weighted by Crippen LogP contribution is -2.50. The second-order valence-electron chi connectivity index (χ2n) is 16.8. The Hall–Kier alpha value is -1.80. The first-order chi connectivity index (χ1) is 22.5. The van der Waals surface area contributed by atoms with Gasteiger partial charge in [0.05, 0.1) is 40.0 Å². The molecule has 1 aromatic rings. The van der Waals surface area contributed by atoms with E-state index in [9.17, 15) is 14.7 Å². The van der Waals surface area contributed by atoms with E-state index in [0.29, 0.717) is 17.9 Å². The standard InChI is InChI=1S/C41H72NO5Si/c1-11-12-26-41(6,27-17-19-37-36(38(43)29-39(37)44)18-15-13-14-16-20-40(45)46-10)47-48(33(4)5,31-32(2)3)28-25-34-21-23-35(24-22-34)30-42(7,8)9/h17,19,21-24,32-33,36-37,39,44H,11-16,18,20,25-31H2,1-10H3/q+1/t36-,37-,39-,41?,48?/m1/s1. The Morgan fingerprint density at radius 3 is 2.27 bits per heavy atom. The van der Waals surface area contributed by atoms with Gasteiger partial charge in [-0.2, -0.15) is 0 Å². The van der Waals surface area contributed by atoms with E-state index in [0.717, 1.165) is 87.3 Å². The van der Waals surface area contributed by atoms with Crippen LogP contribution in [0.2, 0.25) is 17.6 Å². The molecule has 1 aromatic carbocycles. The second kappa shape index (κ2) is 20.1. The number of aryl methyl sites for hydroxylation is 1. The number of esters is 1. The molecule has 1 aliphatic carbocycles. The smallest absolute Gasteiger partial charge is 0.305 e. The first kappa shape index (κ1) is 42.4. The Labute approximate surface area is 295 Å². The molecule has 1 aliphatic rings. The summed E-state index contributed by atoms with van der Waals surface area (Å²) >= 11 is 0. The van der Waals surface area contributed by atoms with Crippen LogP contribution in [0.4, 0.5) is 0 Å². The summed E-state index contributed by atoms with van der Waals surface area (Å²) in [6, 6.07) is 11.5. The van der Waals surface area contributed by atoms with Crippen molar-refractivity contribution in [1.82, 2.24) is 0 Å². The topological polar surface area (TPSA) is 72.8 Å². The number of benzene rings is 1. The van der Waals surface area contributed by atoms with E-state index in [1.54, 1.807) is 0 Å². The van der Waals surface area contributed by atoms with Crippen molar-refractivity contribution in [3.63, 3.8) is 0 Å². The monoisotopic (exact) mass is 687 g/mol. The molecule has 0 aliphatic heterocycles. The van der Waals surface area contributed by atoms with Gasteiger partial charge in [0.25, 0.3) is 0 Å². The molecule has 0 radical (unpaired) electrons. The Kier molecular flexibility index (Phi) is 17.8. The summed E-state index contributed by atoms with van der Waals surface area (Å²) in [7, 11) is 5.94. The highest BCUT2D eigenvalue weighted by atomic mass is 28.4. The minimum atomic E-state index is -2.18. The Morgan fingerprint density at radius 1 is 1.04 bits per heavy atom. The highest BCUT2D eigenvalue weighted by molar-refractivity contribution is 6.75. The predicted octanol–water partition coefficient (Wildman–Crippen LogP) is 9.44. The van der Waals surface area contributed by atoms with Gasteiger partial charge in [0.2, 0.25) is 0 Å². The van der Waals surface area contributed by atoms with Gasteiger partial charge < -0.3 is 18.8 Å². The second-order valence-corrected chi connectivity index (χ2v) is 21.2. The van der Waals surface area contributed by atoms with Crippen LogP contribution in [0, 0.1) is 17.8 Å². The lowest BCUT2D eigenvalue weighted by molar-refractivity contribution is -0.884. The van der Waals surface area contributed by atoms with Crippen LogP contribution in [-0.2, 0) is 31.7 Å². The third-order valence-corrected chi connectivity index (χ3v) is 16.0. The van der Waals surface area contributed by atoms with Crippen LogP contribution in [0.25, 0.3) is 0 Å².